The van der Waals surface area contributed by atoms with Gasteiger partial charge in [-0.2, -0.15) is 15.0 Å². The van der Waals surface area contributed by atoms with Gasteiger partial charge >= 0.3 is 0 Å². The van der Waals surface area contributed by atoms with E-state index in [1.165, 1.54) is 0 Å². The Kier molecular flexibility index (Phi) is 2.51. The Morgan fingerprint density at radius 1 is 1.15 bits per heavy atom. The lowest BCUT2D eigenvalue weighted by Crippen LogP contribution is -2.15. The molecule has 0 spiro atoms. The summed E-state index contributed by atoms with van der Waals surface area (Å²) in [5.74, 6) is 1.17. The van der Waals surface area contributed by atoms with Crippen molar-refractivity contribution in [3.8, 4) is 5.95 Å². The highest BCUT2D eigenvalue weighted by atomic mass is 15.3. The lowest BCUT2D eigenvalue weighted by molar-refractivity contribution is 0.457. The molecule has 1 aliphatic rings. The predicted octanol–water partition coefficient (Wildman–Crippen LogP) is 1.49. The van der Waals surface area contributed by atoms with Crippen molar-refractivity contribution in [2.75, 3.05) is 11.1 Å². The van der Waals surface area contributed by atoms with E-state index in [1.807, 2.05) is 0 Å². The van der Waals surface area contributed by atoms with E-state index in [0.717, 1.165) is 0 Å². The number of rotatable bonds is 3. The molecule has 1 fully saturated rings. The molecule has 0 atom stereocenters. The van der Waals surface area contributed by atoms with E-state index in [4.69, 9.17) is 5.73 Å². The number of aromatic nitrogens is 5. The van der Waals surface area contributed by atoms with Gasteiger partial charge in [0.15, 0.2) is 0 Å². The first-order chi connectivity index (χ1) is 9.32. The summed E-state index contributed by atoms with van der Waals surface area (Å²) >= 11 is 0. The number of nitrogens with one attached hydrogen (secondary N) is 1. The van der Waals surface area contributed by atoms with E-state index in [1.54, 1.807) is 23.3 Å². The highest BCUT2D eigenvalue weighted by molar-refractivity contribution is 5.41. The lowest BCUT2D eigenvalue weighted by atomic mass is 10.0. The maximum atomic E-state index is 5.76. The Bertz CT molecular complexity index is 616. The second kappa shape index (κ2) is 3.91. The van der Waals surface area contributed by atoms with Crippen LogP contribution in [0.5, 0.6) is 0 Å². The monoisotopic (exact) mass is 273 g/mol. The largest absolute Gasteiger partial charge is 0.368 e. The van der Waals surface area contributed by atoms with Gasteiger partial charge < -0.3 is 11.1 Å². The van der Waals surface area contributed by atoms with E-state index in [0.29, 0.717) is 17.9 Å². The molecule has 0 amide bonds. The van der Waals surface area contributed by atoms with Crippen molar-refractivity contribution >= 4 is 11.9 Å². The zero-order chi connectivity index (χ0) is 14.5. The molecule has 0 aromatic carbocycles. The van der Waals surface area contributed by atoms with Gasteiger partial charge in [-0.1, -0.05) is 27.7 Å². The van der Waals surface area contributed by atoms with Gasteiger partial charge in [0.1, 0.15) is 6.33 Å². The van der Waals surface area contributed by atoms with Gasteiger partial charge in [-0.15, -0.1) is 0 Å². The van der Waals surface area contributed by atoms with Crippen molar-refractivity contribution in [3.63, 3.8) is 0 Å². The fourth-order valence-electron chi connectivity index (χ4n) is 2.62. The van der Waals surface area contributed by atoms with E-state index in [2.05, 4.69) is 52.9 Å². The van der Waals surface area contributed by atoms with Crippen LogP contribution in [0.3, 0.4) is 0 Å². The second-order valence-corrected chi connectivity index (χ2v) is 6.31. The van der Waals surface area contributed by atoms with Gasteiger partial charge in [0.05, 0.1) is 0 Å². The average molecular weight is 273 g/mol. The highest BCUT2D eigenvalue weighted by Crippen LogP contribution is 2.63. The molecule has 20 heavy (non-hydrogen) atoms. The highest BCUT2D eigenvalue weighted by Gasteiger charge is 2.65. The lowest BCUT2D eigenvalue weighted by Gasteiger charge is -2.08. The van der Waals surface area contributed by atoms with Crippen LogP contribution >= 0.6 is 0 Å². The molecule has 7 heteroatoms. The van der Waals surface area contributed by atoms with E-state index < -0.39 is 0 Å². The van der Waals surface area contributed by atoms with Crippen LogP contribution in [0, 0.1) is 10.8 Å². The van der Waals surface area contributed by atoms with Crippen molar-refractivity contribution in [2.45, 2.75) is 33.7 Å². The summed E-state index contributed by atoms with van der Waals surface area (Å²) in [6, 6.07) is 0.312. The Balaban J connectivity index is 1.89. The van der Waals surface area contributed by atoms with Gasteiger partial charge in [0.25, 0.3) is 0 Å². The molecule has 0 aliphatic heterocycles. The minimum absolute atomic E-state index is 0.197. The number of nitrogens with two attached hydrogens (primary N) is 1. The maximum Gasteiger partial charge on any atom is 0.241 e. The molecule has 0 radical (unpaired) electrons. The molecule has 0 bridgehead atoms. The van der Waals surface area contributed by atoms with Crippen LogP contribution in [0.4, 0.5) is 11.9 Å². The molecule has 3 rings (SSSR count). The molecule has 2 heterocycles. The molecule has 1 aliphatic carbocycles. The van der Waals surface area contributed by atoms with Gasteiger partial charge in [0, 0.05) is 18.4 Å². The third-order valence-corrected chi connectivity index (χ3v) is 4.67. The Labute approximate surface area is 117 Å². The van der Waals surface area contributed by atoms with E-state index >= 15 is 0 Å². The molecule has 7 nitrogen and oxygen atoms in total. The average Bonchev–Trinajstić information content (AvgIpc) is 2.81. The number of hydrogen-bond acceptors (Lipinski definition) is 6. The number of nitrogen functional groups attached to an aromatic ring is 1. The van der Waals surface area contributed by atoms with Crippen LogP contribution < -0.4 is 11.1 Å². The minimum atomic E-state index is 0.197. The first kappa shape index (κ1) is 12.8. The zero-order valence-corrected chi connectivity index (χ0v) is 12.1. The van der Waals surface area contributed by atoms with Crippen LogP contribution in [0.15, 0.2) is 18.7 Å². The summed E-state index contributed by atoms with van der Waals surface area (Å²) in [4.78, 5) is 16.7. The fourth-order valence-corrected chi connectivity index (χ4v) is 2.62. The molecule has 1 saturated carbocycles. The fraction of sp³-hybridized carbons (Fsp3) is 0.538. The Hall–Kier alpha value is -2.18. The van der Waals surface area contributed by atoms with Crippen molar-refractivity contribution < 1.29 is 0 Å². The second-order valence-electron chi connectivity index (χ2n) is 6.31. The molecule has 106 valence electrons. The third kappa shape index (κ3) is 1.81. The van der Waals surface area contributed by atoms with E-state index in [9.17, 15) is 0 Å². The smallest absolute Gasteiger partial charge is 0.241 e. The Morgan fingerprint density at radius 3 is 2.40 bits per heavy atom. The van der Waals surface area contributed by atoms with Crippen molar-refractivity contribution in [1.82, 2.24) is 24.5 Å². The molecule has 2 aromatic rings. The number of hydrogen-bond donors (Lipinski definition) is 2. The van der Waals surface area contributed by atoms with Crippen LogP contribution in [-0.4, -0.2) is 30.5 Å². The molecule has 0 unspecified atom stereocenters. The van der Waals surface area contributed by atoms with Crippen LogP contribution in [0.1, 0.15) is 27.7 Å². The normalized spacial score (nSPS) is 19.8. The number of nitrogens with zero attached hydrogens (tertiary/aromatic N) is 5. The Morgan fingerprint density at radius 2 is 1.85 bits per heavy atom. The predicted molar refractivity (Wildman–Crippen MR) is 76.3 cm³/mol. The summed E-state index contributed by atoms with van der Waals surface area (Å²) < 4.78 is 1.70. The summed E-state index contributed by atoms with van der Waals surface area (Å²) in [5, 5.41) is 3.36. The van der Waals surface area contributed by atoms with Crippen molar-refractivity contribution in [1.29, 1.82) is 0 Å². The molecular weight excluding hydrogens is 254 g/mol. The van der Waals surface area contributed by atoms with Gasteiger partial charge in [0.2, 0.25) is 17.8 Å². The number of anilines is 2. The summed E-state index contributed by atoms with van der Waals surface area (Å²) in [5.41, 5.74) is 6.16. The third-order valence-electron chi connectivity index (χ3n) is 4.67. The summed E-state index contributed by atoms with van der Waals surface area (Å²) in [7, 11) is 0. The van der Waals surface area contributed by atoms with Gasteiger partial charge in [-0.25, -0.2) is 4.98 Å². The molecular formula is C13H19N7. The number of imidazole rings is 1. The first-order valence-corrected chi connectivity index (χ1v) is 6.59. The summed E-state index contributed by atoms with van der Waals surface area (Å²) in [6.07, 6.45) is 5.06. The minimum Gasteiger partial charge on any atom is -0.368 e. The molecule has 3 N–H and O–H groups in total. The topological polar surface area (TPSA) is 94.5 Å². The van der Waals surface area contributed by atoms with Crippen LogP contribution in [0.2, 0.25) is 0 Å². The van der Waals surface area contributed by atoms with Crippen LogP contribution in [-0.2, 0) is 0 Å². The quantitative estimate of drug-likeness (QED) is 0.879. The van der Waals surface area contributed by atoms with Crippen LogP contribution in [0.25, 0.3) is 5.95 Å². The zero-order valence-electron chi connectivity index (χ0n) is 12.1. The molecule has 0 saturated heterocycles. The maximum absolute atomic E-state index is 5.76. The van der Waals surface area contributed by atoms with E-state index in [-0.39, 0.29) is 16.8 Å². The summed E-state index contributed by atoms with van der Waals surface area (Å²) in [6.45, 7) is 8.91. The standard InChI is InChI=1S/C13H19N7/c1-12(2)8(13(12,3)4)16-10-17-9(14)18-11(19-10)20-6-5-15-7-20/h5-8H,1-4H3,(H3,14,16,17,18,19). The first-order valence-electron chi connectivity index (χ1n) is 6.59. The van der Waals surface area contributed by atoms with Gasteiger partial charge in [-0.05, 0) is 10.8 Å². The van der Waals surface area contributed by atoms with Crippen molar-refractivity contribution in [3.05, 3.63) is 18.7 Å². The van der Waals surface area contributed by atoms with Gasteiger partial charge in [-0.3, -0.25) is 4.57 Å². The van der Waals surface area contributed by atoms with Crippen molar-refractivity contribution in [2.24, 2.45) is 10.8 Å². The SMILES string of the molecule is CC1(C)C(Nc2nc(N)nc(-n3ccnc3)n2)C1(C)C. The molecule has 2 aromatic heterocycles.